The molecule has 0 saturated carbocycles. The summed E-state index contributed by atoms with van der Waals surface area (Å²) >= 11 is 0. The van der Waals surface area contributed by atoms with Gasteiger partial charge in [-0.3, -0.25) is 14.5 Å². The molecule has 0 bridgehead atoms. The third-order valence-corrected chi connectivity index (χ3v) is 10.5. The molecule has 4 rings (SSSR count). The van der Waals surface area contributed by atoms with E-state index in [0.717, 1.165) is 24.6 Å². The number of benzene rings is 3. The summed E-state index contributed by atoms with van der Waals surface area (Å²) in [5, 5.41) is 9.59. The average Bonchev–Trinajstić information content (AvgIpc) is 3.17. The molecule has 0 radical (unpaired) electrons. The largest absolute Gasteiger partial charge is 0.395 e. The highest BCUT2D eigenvalue weighted by Gasteiger charge is 2.36. The minimum Gasteiger partial charge on any atom is -0.395 e. The van der Waals surface area contributed by atoms with Gasteiger partial charge < -0.3 is 5.11 Å². The molecule has 1 N–H and O–H groups in total. The zero-order valence-corrected chi connectivity index (χ0v) is 23.9. The van der Waals surface area contributed by atoms with Crippen LogP contribution in [0.15, 0.2) is 82.6 Å². The molecular weight excluding hydrogens is 554 g/mol. The highest BCUT2D eigenvalue weighted by molar-refractivity contribution is 7.89. The van der Waals surface area contributed by atoms with Crippen LogP contribution in [0, 0.1) is 13.8 Å². The van der Waals surface area contributed by atoms with Crippen molar-refractivity contribution in [1.82, 2.24) is 13.5 Å². The molecule has 1 aliphatic heterocycles. The monoisotopic (exact) mass is 585 g/mol. The van der Waals surface area contributed by atoms with Crippen LogP contribution < -0.4 is 0 Å². The Morgan fingerprint density at radius 2 is 1.02 bits per heavy atom. The SMILES string of the molecule is Cc1ccc(S(=O)(=O)N(CCO)CCN(CCN2C(=O)c3ccccc3C2=O)S(=O)(=O)c2ccc(C)cc2)cc1. The molecule has 1 heterocycles. The van der Waals surface area contributed by atoms with Crippen molar-refractivity contribution in [2.24, 2.45) is 0 Å². The topological polar surface area (TPSA) is 132 Å². The molecule has 0 unspecified atom stereocenters. The van der Waals surface area contributed by atoms with Crippen LogP contribution in [0.4, 0.5) is 0 Å². The van der Waals surface area contributed by atoms with Gasteiger partial charge in [0.05, 0.1) is 27.5 Å². The number of aryl methyl sites for hydroxylation is 2. The molecule has 3 aromatic carbocycles. The smallest absolute Gasteiger partial charge is 0.261 e. The Kier molecular flexibility index (Phi) is 8.86. The van der Waals surface area contributed by atoms with Crippen molar-refractivity contribution >= 4 is 31.9 Å². The van der Waals surface area contributed by atoms with E-state index in [4.69, 9.17) is 0 Å². The van der Waals surface area contributed by atoms with Crippen LogP contribution >= 0.6 is 0 Å². The van der Waals surface area contributed by atoms with Crippen LogP contribution in [0.3, 0.4) is 0 Å². The van der Waals surface area contributed by atoms with E-state index in [1.807, 2.05) is 13.8 Å². The van der Waals surface area contributed by atoms with Crippen molar-refractivity contribution < 1.29 is 31.5 Å². The summed E-state index contributed by atoms with van der Waals surface area (Å²) in [7, 11) is -8.18. The number of hydrogen-bond donors (Lipinski definition) is 1. The fourth-order valence-corrected chi connectivity index (χ4v) is 7.26. The lowest BCUT2D eigenvalue weighted by atomic mass is 10.1. The maximum absolute atomic E-state index is 13.7. The van der Waals surface area contributed by atoms with Gasteiger partial charge in [0, 0.05) is 32.7 Å². The number of carbonyl (C=O) groups excluding carboxylic acids is 2. The van der Waals surface area contributed by atoms with Crippen molar-refractivity contribution in [2.75, 3.05) is 39.3 Å². The number of fused-ring (bicyclic) bond motifs is 1. The third kappa shape index (κ3) is 6.01. The molecule has 0 aromatic heterocycles. The summed E-state index contributed by atoms with van der Waals surface area (Å²) in [6.07, 6.45) is 0. The fourth-order valence-electron chi connectivity index (χ4n) is 4.41. The number of sulfonamides is 2. The number of hydrogen-bond acceptors (Lipinski definition) is 7. The number of rotatable bonds is 12. The van der Waals surface area contributed by atoms with Crippen molar-refractivity contribution in [3.63, 3.8) is 0 Å². The third-order valence-electron chi connectivity index (χ3n) is 6.72. The standard InChI is InChI=1S/C28H31N3O7S2/c1-21-7-11-23(12-8-21)39(35,36)29(17-18-31-27(33)25-5-3-4-6-26(25)28(31)34)15-16-30(19-20-32)40(37,38)24-13-9-22(2)10-14-24/h3-14,32H,15-20H2,1-2H3. The van der Waals surface area contributed by atoms with E-state index in [1.165, 1.54) is 24.3 Å². The van der Waals surface area contributed by atoms with E-state index in [2.05, 4.69) is 0 Å². The molecule has 0 saturated heterocycles. The summed E-state index contributed by atoms with van der Waals surface area (Å²) in [5.74, 6) is -1.03. The van der Waals surface area contributed by atoms with Gasteiger partial charge in [-0.15, -0.1) is 0 Å². The van der Waals surface area contributed by atoms with E-state index in [9.17, 15) is 31.5 Å². The van der Waals surface area contributed by atoms with Gasteiger partial charge in [-0.25, -0.2) is 16.8 Å². The van der Waals surface area contributed by atoms with Crippen molar-refractivity contribution in [2.45, 2.75) is 23.6 Å². The summed E-state index contributed by atoms with van der Waals surface area (Å²) in [5.41, 5.74) is 2.23. The summed E-state index contributed by atoms with van der Waals surface area (Å²) in [6.45, 7) is 1.93. The van der Waals surface area contributed by atoms with E-state index in [1.54, 1.807) is 48.5 Å². The number of aliphatic hydroxyl groups is 1. The second-order valence-corrected chi connectivity index (χ2v) is 13.3. The van der Waals surface area contributed by atoms with Gasteiger partial charge in [0.25, 0.3) is 11.8 Å². The molecule has 0 aliphatic carbocycles. The maximum atomic E-state index is 13.7. The second kappa shape index (κ2) is 12.0. The fraction of sp³-hybridized carbons (Fsp3) is 0.286. The van der Waals surface area contributed by atoms with Gasteiger partial charge >= 0.3 is 0 Å². The minimum absolute atomic E-state index is 0.00411. The van der Waals surface area contributed by atoms with Crippen LogP contribution in [0.2, 0.25) is 0 Å². The zero-order valence-electron chi connectivity index (χ0n) is 22.2. The predicted octanol–water partition coefficient (Wildman–Crippen LogP) is 2.27. The van der Waals surface area contributed by atoms with Crippen LogP contribution in [-0.4, -0.2) is 86.6 Å². The zero-order chi connectivity index (χ0) is 29.1. The van der Waals surface area contributed by atoms with Gasteiger partial charge in [0.1, 0.15) is 0 Å². The highest BCUT2D eigenvalue weighted by atomic mass is 32.2. The molecule has 10 nitrogen and oxygen atoms in total. The van der Waals surface area contributed by atoms with E-state index in [-0.39, 0.29) is 53.6 Å². The number of aliphatic hydroxyl groups excluding tert-OH is 1. The summed E-state index contributed by atoms with van der Waals surface area (Å²) in [4.78, 5) is 26.7. The van der Waals surface area contributed by atoms with Crippen molar-refractivity contribution in [1.29, 1.82) is 0 Å². The molecular formula is C28H31N3O7S2. The molecule has 2 amide bonds. The van der Waals surface area contributed by atoms with E-state index in [0.29, 0.717) is 0 Å². The number of imide groups is 1. The van der Waals surface area contributed by atoms with Crippen LogP contribution in [0.25, 0.3) is 0 Å². The Morgan fingerprint density at radius 1 is 0.625 bits per heavy atom. The Labute approximate surface area is 234 Å². The first-order valence-corrected chi connectivity index (χ1v) is 15.5. The van der Waals surface area contributed by atoms with Crippen LogP contribution in [0.5, 0.6) is 0 Å². The molecule has 1 aliphatic rings. The molecule has 40 heavy (non-hydrogen) atoms. The number of carbonyl (C=O) groups is 2. The Bertz CT molecular complexity index is 1570. The maximum Gasteiger partial charge on any atom is 0.261 e. The lowest BCUT2D eigenvalue weighted by molar-refractivity contribution is 0.0647. The number of amides is 2. The Morgan fingerprint density at radius 3 is 1.43 bits per heavy atom. The predicted molar refractivity (Wildman–Crippen MR) is 149 cm³/mol. The van der Waals surface area contributed by atoms with Gasteiger partial charge in [-0.05, 0) is 50.2 Å². The second-order valence-electron chi connectivity index (χ2n) is 9.47. The summed E-state index contributed by atoms with van der Waals surface area (Å²) in [6, 6.07) is 18.8. The molecule has 0 atom stereocenters. The first-order valence-electron chi connectivity index (χ1n) is 12.7. The molecule has 3 aromatic rings. The van der Waals surface area contributed by atoms with Gasteiger partial charge in [-0.2, -0.15) is 8.61 Å². The van der Waals surface area contributed by atoms with E-state index < -0.39 is 38.5 Å². The van der Waals surface area contributed by atoms with Crippen molar-refractivity contribution in [3.05, 3.63) is 95.1 Å². The lowest BCUT2D eigenvalue weighted by Crippen LogP contribution is -2.45. The van der Waals surface area contributed by atoms with Gasteiger partial charge in [0.15, 0.2) is 0 Å². The molecule has 212 valence electrons. The van der Waals surface area contributed by atoms with Crippen LogP contribution in [-0.2, 0) is 20.0 Å². The van der Waals surface area contributed by atoms with E-state index >= 15 is 0 Å². The Hall–Kier alpha value is -3.42. The highest BCUT2D eigenvalue weighted by Crippen LogP contribution is 2.24. The molecule has 12 heteroatoms. The molecule has 0 spiro atoms. The first-order chi connectivity index (χ1) is 19.0. The first kappa shape index (κ1) is 29.6. The number of nitrogens with zero attached hydrogens (tertiary/aromatic N) is 3. The van der Waals surface area contributed by atoms with Crippen LogP contribution in [0.1, 0.15) is 31.8 Å². The lowest BCUT2D eigenvalue weighted by Gasteiger charge is -2.28. The quantitative estimate of drug-likeness (QED) is 0.323. The summed E-state index contributed by atoms with van der Waals surface area (Å²) < 4.78 is 56.1. The van der Waals surface area contributed by atoms with Gasteiger partial charge in [-0.1, -0.05) is 47.5 Å². The Balaban J connectivity index is 1.60. The van der Waals surface area contributed by atoms with Crippen molar-refractivity contribution in [3.8, 4) is 0 Å². The average molecular weight is 586 g/mol. The minimum atomic E-state index is -4.14. The normalized spacial score (nSPS) is 13.9. The van der Waals surface area contributed by atoms with Gasteiger partial charge in [0.2, 0.25) is 20.0 Å². The molecule has 0 fully saturated rings.